The molecule has 1 aromatic heterocycles. The van der Waals surface area contributed by atoms with Crippen molar-refractivity contribution in [2.24, 2.45) is 0 Å². The first kappa shape index (κ1) is 12.3. The van der Waals surface area contributed by atoms with Gasteiger partial charge in [0.15, 0.2) is 0 Å². The summed E-state index contributed by atoms with van der Waals surface area (Å²) < 4.78 is 6.49. The second-order valence-corrected chi connectivity index (χ2v) is 3.96. The van der Waals surface area contributed by atoms with Crippen molar-refractivity contribution in [3.05, 3.63) is 34.2 Å². The van der Waals surface area contributed by atoms with Crippen molar-refractivity contribution >= 4 is 11.5 Å². The molecule has 0 radical (unpaired) electrons. The quantitative estimate of drug-likeness (QED) is 0.628. The van der Waals surface area contributed by atoms with Gasteiger partial charge in [-0.15, -0.1) is 0 Å². The molecule has 0 saturated carbocycles. The van der Waals surface area contributed by atoms with Crippen LogP contribution < -0.4 is 5.56 Å². The summed E-state index contributed by atoms with van der Waals surface area (Å²) >= 11 is 0. The second kappa shape index (κ2) is 5.03. The molecule has 1 aliphatic heterocycles. The number of carbonyl (C=O) groups excluding carboxylic acids is 1. The molecule has 1 N–H and O–H groups in total. The van der Waals surface area contributed by atoms with Gasteiger partial charge in [0.05, 0.1) is 12.9 Å². The molecule has 0 aliphatic carbocycles. The van der Waals surface area contributed by atoms with E-state index in [2.05, 4.69) is 4.98 Å². The summed E-state index contributed by atoms with van der Waals surface area (Å²) in [4.78, 5) is 27.1. The van der Waals surface area contributed by atoms with Gasteiger partial charge in [-0.25, -0.2) is 4.79 Å². The highest BCUT2D eigenvalue weighted by Gasteiger charge is 2.20. The van der Waals surface area contributed by atoms with Gasteiger partial charge in [0.1, 0.15) is 11.4 Å². The Hall–Kier alpha value is -2.11. The predicted molar refractivity (Wildman–Crippen MR) is 64.3 cm³/mol. The maximum atomic E-state index is 11.7. The number of ether oxygens (including phenoxy) is 1. The minimum absolute atomic E-state index is 0.0696. The molecule has 18 heavy (non-hydrogen) atoms. The molecule has 0 aromatic carbocycles. The maximum Gasteiger partial charge on any atom is 0.345 e. The predicted octanol–water partition coefficient (Wildman–Crippen LogP) is 1.11. The standard InChI is InChI=1S/C12H14N2O4/c1-2-18-12(17)9-6-14-5-3-4-8(7-15)10(14)13-11(9)16/h6-7,15H,2-5H2,1H3/b8-7+. The molecule has 0 unspecified atom stereocenters. The summed E-state index contributed by atoms with van der Waals surface area (Å²) in [7, 11) is 0. The van der Waals surface area contributed by atoms with E-state index in [0.717, 1.165) is 12.7 Å². The first-order valence-electron chi connectivity index (χ1n) is 5.79. The summed E-state index contributed by atoms with van der Waals surface area (Å²) in [6, 6.07) is 0. The van der Waals surface area contributed by atoms with Gasteiger partial charge in [0.25, 0.3) is 5.56 Å². The Kier molecular flexibility index (Phi) is 3.45. The average Bonchev–Trinajstić information content (AvgIpc) is 2.37. The van der Waals surface area contributed by atoms with E-state index in [-0.39, 0.29) is 12.2 Å². The van der Waals surface area contributed by atoms with Crippen LogP contribution in [0.1, 0.15) is 35.9 Å². The molecule has 6 heteroatoms. The average molecular weight is 250 g/mol. The van der Waals surface area contributed by atoms with Crippen molar-refractivity contribution < 1.29 is 14.6 Å². The molecule has 0 amide bonds. The zero-order valence-corrected chi connectivity index (χ0v) is 10.0. The molecule has 96 valence electrons. The molecule has 0 spiro atoms. The number of nitrogens with zero attached hydrogens (tertiary/aromatic N) is 2. The Morgan fingerprint density at radius 3 is 3.11 bits per heavy atom. The summed E-state index contributed by atoms with van der Waals surface area (Å²) in [5.74, 6) is -0.243. The van der Waals surface area contributed by atoms with Gasteiger partial charge in [0.2, 0.25) is 0 Å². The van der Waals surface area contributed by atoms with Crippen LogP contribution in [0.15, 0.2) is 17.3 Å². The first-order valence-corrected chi connectivity index (χ1v) is 5.79. The fourth-order valence-corrected chi connectivity index (χ4v) is 1.94. The number of aliphatic hydroxyl groups is 1. The van der Waals surface area contributed by atoms with Crippen LogP contribution in [0.4, 0.5) is 0 Å². The van der Waals surface area contributed by atoms with Crippen LogP contribution in [-0.2, 0) is 11.3 Å². The molecular weight excluding hydrogens is 236 g/mol. The fraction of sp³-hybridized carbons (Fsp3) is 0.417. The largest absolute Gasteiger partial charge is 0.515 e. The van der Waals surface area contributed by atoms with Crippen molar-refractivity contribution in [3.8, 4) is 0 Å². The molecule has 0 fully saturated rings. The molecule has 1 aromatic rings. The van der Waals surface area contributed by atoms with E-state index in [1.165, 1.54) is 6.20 Å². The third-order valence-electron chi connectivity index (χ3n) is 2.78. The third kappa shape index (κ3) is 2.13. The highest BCUT2D eigenvalue weighted by Crippen LogP contribution is 2.22. The summed E-state index contributed by atoms with van der Waals surface area (Å²) in [5.41, 5.74) is -0.0884. The number of allylic oxidation sites excluding steroid dienone is 1. The van der Waals surface area contributed by atoms with E-state index in [1.54, 1.807) is 11.5 Å². The lowest BCUT2D eigenvalue weighted by Crippen LogP contribution is -2.27. The molecule has 1 aliphatic rings. The number of aromatic nitrogens is 2. The van der Waals surface area contributed by atoms with Crippen LogP contribution in [0.3, 0.4) is 0 Å². The number of carbonyl (C=O) groups is 1. The minimum atomic E-state index is -0.662. The van der Waals surface area contributed by atoms with Gasteiger partial charge in [-0.1, -0.05) is 0 Å². The van der Waals surface area contributed by atoms with Gasteiger partial charge in [-0.2, -0.15) is 4.98 Å². The Morgan fingerprint density at radius 2 is 2.44 bits per heavy atom. The van der Waals surface area contributed by atoms with Crippen LogP contribution in [0, 0.1) is 0 Å². The number of rotatable bonds is 2. The smallest absolute Gasteiger partial charge is 0.345 e. The highest BCUT2D eigenvalue weighted by atomic mass is 16.5. The molecule has 6 nitrogen and oxygen atoms in total. The van der Waals surface area contributed by atoms with E-state index in [1.807, 2.05) is 0 Å². The van der Waals surface area contributed by atoms with Crippen molar-refractivity contribution in [3.63, 3.8) is 0 Å². The lowest BCUT2D eigenvalue weighted by atomic mass is 10.1. The van der Waals surface area contributed by atoms with Crippen molar-refractivity contribution in [2.45, 2.75) is 26.3 Å². The second-order valence-electron chi connectivity index (χ2n) is 3.96. The zero-order valence-electron chi connectivity index (χ0n) is 10.0. The number of fused-ring (bicyclic) bond motifs is 1. The van der Waals surface area contributed by atoms with Gasteiger partial charge < -0.3 is 14.4 Å². The Balaban J connectivity index is 2.49. The monoisotopic (exact) mass is 250 g/mol. The number of aliphatic hydroxyl groups excluding tert-OH is 1. The number of esters is 1. The molecule has 0 bridgehead atoms. The summed E-state index contributed by atoms with van der Waals surface area (Å²) in [5, 5.41) is 9.08. The molecule has 0 saturated heterocycles. The Bertz CT molecular complexity index is 560. The van der Waals surface area contributed by atoms with E-state index < -0.39 is 11.5 Å². The summed E-state index contributed by atoms with van der Waals surface area (Å²) in [6.45, 7) is 2.54. The fourth-order valence-electron chi connectivity index (χ4n) is 1.94. The topological polar surface area (TPSA) is 81.4 Å². The zero-order chi connectivity index (χ0) is 13.1. The Labute approximate surface area is 104 Å². The van der Waals surface area contributed by atoms with Gasteiger partial charge in [-0.3, -0.25) is 4.79 Å². The summed E-state index contributed by atoms with van der Waals surface area (Å²) in [6.07, 6.45) is 3.90. The normalized spacial score (nSPS) is 16.4. The van der Waals surface area contributed by atoms with Crippen molar-refractivity contribution in [2.75, 3.05) is 6.61 Å². The third-order valence-corrected chi connectivity index (χ3v) is 2.78. The van der Waals surface area contributed by atoms with Crippen LogP contribution in [-0.4, -0.2) is 27.2 Å². The maximum absolute atomic E-state index is 11.7. The van der Waals surface area contributed by atoms with E-state index >= 15 is 0 Å². The van der Waals surface area contributed by atoms with Gasteiger partial charge in [-0.05, 0) is 19.8 Å². The first-order chi connectivity index (χ1) is 8.67. The number of hydrogen-bond acceptors (Lipinski definition) is 5. The minimum Gasteiger partial charge on any atom is -0.515 e. The van der Waals surface area contributed by atoms with Gasteiger partial charge in [0, 0.05) is 18.3 Å². The number of hydrogen-bond donors (Lipinski definition) is 1. The van der Waals surface area contributed by atoms with Crippen LogP contribution in [0.2, 0.25) is 0 Å². The highest BCUT2D eigenvalue weighted by molar-refractivity contribution is 5.88. The SMILES string of the molecule is CCOC(=O)c1cn2c(nc1=O)/C(=C/O)CCC2. The lowest BCUT2D eigenvalue weighted by molar-refractivity contribution is 0.0523. The molecule has 0 atom stereocenters. The van der Waals surface area contributed by atoms with E-state index in [0.29, 0.717) is 24.4 Å². The molecular formula is C12H14N2O4. The van der Waals surface area contributed by atoms with Crippen LogP contribution in [0.5, 0.6) is 0 Å². The lowest BCUT2D eigenvalue weighted by Gasteiger charge is -2.19. The number of aryl methyl sites for hydroxylation is 1. The Morgan fingerprint density at radius 1 is 1.67 bits per heavy atom. The molecule has 2 rings (SSSR count). The molecule has 2 heterocycles. The van der Waals surface area contributed by atoms with E-state index in [4.69, 9.17) is 9.84 Å². The van der Waals surface area contributed by atoms with Crippen LogP contribution in [0.25, 0.3) is 5.57 Å². The van der Waals surface area contributed by atoms with E-state index in [9.17, 15) is 9.59 Å². The van der Waals surface area contributed by atoms with Crippen molar-refractivity contribution in [1.29, 1.82) is 0 Å². The van der Waals surface area contributed by atoms with Crippen molar-refractivity contribution in [1.82, 2.24) is 9.55 Å². The van der Waals surface area contributed by atoms with Gasteiger partial charge >= 0.3 is 5.97 Å². The van der Waals surface area contributed by atoms with Crippen LogP contribution >= 0.6 is 0 Å².